The zero-order valence-electron chi connectivity index (χ0n) is 18.3. The molecule has 0 bridgehead atoms. The van der Waals surface area contributed by atoms with Crippen molar-refractivity contribution in [2.24, 2.45) is 0 Å². The molecule has 0 fully saturated rings. The van der Waals surface area contributed by atoms with E-state index >= 15 is 0 Å². The maximum absolute atomic E-state index is 12.4. The van der Waals surface area contributed by atoms with Crippen LogP contribution in [0.25, 0.3) is 10.6 Å². The maximum Gasteiger partial charge on any atom is 0.308 e. The van der Waals surface area contributed by atoms with Gasteiger partial charge in [-0.1, -0.05) is 12.1 Å². The minimum Gasteiger partial charge on any atom is -0.497 e. The average molecular weight is 455 g/mol. The summed E-state index contributed by atoms with van der Waals surface area (Å²) in [5.74, 6) is 0.866. The smallest absolute Gasteiger partial charge is 0.308 e. The van der Waals surface area contributed by atoms with Gasteiger partial charge in [0.15, 0.2) is 0 Å². The average Bonchev–Trinajstić information content (AvgIpc) is 3.27. The summed E-state index contributed by atoms with van der Waals surface area (Å²) in [5.41, 5.74) is 2.44. The molecule has 1 atom stereocenters. The molecule has 0 unspecified atom stereocenters. The zero-order chi connectivity index (χ0) is 22.9. The van der Waals surface area contributed by atoms with Crippen LogP contribution in [-0.4, -0.2) is 30.6 Å². The first-order valence-electron chi connectivity index (χ1n) is 10.2. The Bertz CT molecular complexity index is 1030. The van der Waals surface area contributed by atoms with Crippen molar-refractivity contribution in [2.45, 2.75) is 32.9 Å². The van der Waals surface area contributed by atoms with Crippen molar-refractivity contribution in [1.29, 1.82) is 0 Å². The molecular weight excluding hydrogens is 428 g/mol. The molecule has 0 radical (unpaired) electrons. The Kier molecular flexibility index (Phi) is 8.21. The summed E-state index contributed by atoms with van der Waals surface area (Å²) in [6.07, 6.45) is 0.0157. The molecular formula is C24H26N2O5S. The minimum atomic E-state index is -0.485. The van der Waals surface area contributed by atoms with Crippen molar-refractivity contribution in [3.05, 3.63) is 65.2 Å². The fourth-order valence-electron chi connectivity index (χ4n) is 3.08. The normalized spacial score (nSPS) is 11.5. The first-order chi connectivity index (χ1) is 15.5. The Balaban J connectivity index is 1.58. The van der Waals surface area contributed by atoms with Crippen molar-refractivity contribution >= 4 is 23.2 Å². The van der Waals surface area contributed by atoms with Gasteiger partial charge in [0.25, 0.3) is 0 Å². The molecule has 8 heteroatoms. The fourth-order valence-corrected chi connectivity index (χ4v) is 3.89. The Morgan fingerprint density at radius 3 is 2.38 bits per heavy atom. The quantitative estimate of drug-likeness (QED) is 0.453. The van der Waals surface area contributed by atoms with Crippen molar-refractivity contribution in [3.8, 4) is 22.1 Å². The number of carbonyl (C=O) groups excluding carboxylic acids is 2. The highest BCUT2D eigenvalue weighted by molar-refractivity contribution is 7.13. The number of benzene rings is 2. The summed E-state index contributed by atoms with van der Waals surface area (Å²) >= 11 is 1.48. The SMILES string of the molecule is CCOc1ccc(-c2nc(COC(=O)C[C@H](NC(C)=O)c3ccc(OC)cc3)cs2)cc1. The van der Waals surface area contributed by atoms with Gasteiger partial charge < -0.3 is 19.5 Å². The van der Waals surface area contributed by atoms with E-state index in [0.29, 0.717) is 18.1 Å². The van der Waals surface area contributed by atoms with Crippen LogP contribution in [-0.2, 0) is 20.9 Å². The highest BCUT2D eigenvalue weighted by Gasteiger charge is 2.19. The van der Waals surface area contributed by atoms with Gasteiger partial charge in [0.2, 0.25) is 5.91 Å². The monoisotopic (exact) mass is 454 g/mol. The second-order valence-electron chi connectivity index (χ2n) is 6.99. The number of esters is 1. The van der Waals surface area contributed by atoms with Gasteiger partial charge >= 0.3 is 5.97 Å². The van der Waals surface area contributed by atoms with Crippen LogP contribution in [0.4, 0.5) is 0 Å². The molecule has 7 nitrogen and oxygen atoms in total. The second-order valence-corrected chi connectivity index (χ2v) is 7.85. The van der Waals surface area contributed by atoms with E-state index in [9.17, 15) is 9.59 Å². The number of nitrogens with one attached hydrogen (secondary N) is 1. The summed E-state index contributed by atoms with van der Waals surface area (Å²) < 4.78 is 16.0. The van der Waals surface area contributed by atoms with Gasteiger partial charge in [-0.15, -0.1) is 11.3 Å². The summed E-state index contributed by atoms with van der Waals surface area (Å²) in [6, 6.07) is 14.4. The Labute approximate surface area is 191 Å². The van der Waals surface area contributed by atoms with E-state index in [1.807, 2.05) is 48.7 Å². The summed E-state index contributed by atoms with van der Waals surface area (Å²) in [5, 5.41) is 5.51. The van der Waals surface area contributed by atoms with E-state index in [4.69, 9.17) is 14.2 Å². The number of aromatic nitrogens is 1. The highest BCUT2D eigenvalue weighted by Crippen LogP contribution is 2.26. The number of hydrogen-bond acceptors (Lipinski definition) is 7. The van der Waals surface area contributed by atoms with Gasteiger partial charge in [-0.05, 0) is 48.9 Å². The first kappa shape index (κ1) is 23.3. The molecule has 1 aromatic heterocycles. The van der Waals surface area contributed by atoms with Crippen LogP contribution in [0.5, 0.6) is 11.5 Å². The van der Waals surface area contributed by atoms with Crippen LogP contribution >= 0.6 is 11.3 Å². The number of hydrogen-bond donors (Lipinski definition) is 1. The van der Waals surface area contributed by atoms with Gasteiger partial charge in [-0.2, -0.15) is 0 Å². The fraction of sp³-hybridized carbons (Fsp3) is 0.292. The molecule has 0 saturated carbocycles. The lowest BCUT2D eigenvalue weighted by atomic mass is 10.0. The third-order valence-corrected chi connectivity index (χ3v) is 5.55. The molecule has 32 heavy (non-hydrogen) atoms. The molecule has 168 valence electrons. The van der Waals surface area contributed by atoms with E-state index in [1.165, 1.54) is 18.3 Å². The number of amides is 1. The summed E-state index contributed by atoms with van der Waals surface area (Å²) in [7, 11) is 1.58. The predicted molar refractivity (Wildman–Crippen MR) is 123 cm³/mol. The van der Waals surface area contributed by atoms with Gasteiger partial charge in [0.05, 0.1) is 31.9 Å². The van der Waals surface area contributed by atoms with Crippen LogP contribution in [0.2, 0.25) is 0 Å². The van der Waals surface area contributed by atoms with Crippen LogP contribution in [0, 0.1) is 0 Å². The molecule has 3 aromatic rings. The number of carbonyl (C=O) groups is 2. The summed E-state index contributed by atoms with van der Waals surface area (Å²) in [6.45, 7) is 4.05. The van der Waals surface area contributed by atoms with Crippen molar-refractivity contribution in [3.63, 3.8) is 0 Å². The first-order valence-corrected chi connectivity index (χ1v) is 11.1. The Morgan fingerprint density at radius 1 is 1.06 bits per heavy atom. The molecule has 1 N–H and O–H groups in total. The van der Waals surface area contributed by atoms with Gasteiger partial charge in [-0.25, -0.2) is 4.98 Å². The molecule has 1 amide bonds. The molecule has 3 rings (SSSR count). The van der Waals surface area contributed by atoms with Crippen molar-refractivity contribution < 1.29 is 23.8 Å². The van der Waals surface area contributed by atoms with E-state index in [1.54, 1.807) is 19.2 Å². The number of ether oxygens (including phenoxy) is 3. The largest absolute Gasteiger partial charge is 0.497 e. The molecule has 0 saturated heterocycles. The second kappa shape index (κ2) is 11.3. The number of rotatable bonds is 10. The standard InChI is InChI=1S/C24H26N2O5S/c1-4-30-21-11-7-18(8-12-21)24-26-19(15-32-24)14-31-23(28)13-22(25-16(2)27)17-5-9-20(29-3)10-6-17/h5-12,15,22H,4,13-14H2,1-3H3,(H,25,27)/t22-/m0/s1. The van der Waals surface area contributed by atoms with Crippen molar-refractivity contribution in [1.82, 2.24) is 10.3 Å². The lowest BCUT2D eigenvalue weighted by Gasteiger charge is -2.18. The zero-order valence-corrected chi connectivity index (χ0v) is 19.1. The molecule has 0 spiro atoms. The van der Waals surface area contributed by atoms with Crippen molar-refractivity contribution in [2.75, 3.05) is 13.7 Å². The highest BCUT2D eigenvalue weighted by atomic mass is 32.1. The van der Waals surface area contributed by atoms with E-state index < -0.39 is 12.0 Å². The molecule has 1 heterocycles. The van der Waals surface area contributed by atoms with E-state index in [2.05, 4.69) is 10.3 Å². The lowest BCUT2D eigenvalue weighted by Crippen LogP contribution is -2.28. The van der Waals surface area contributed by atoms with Crippen LogP contribution in [0.3, 0.4) is 0 Å². The third kappa shape index (κ3) is 6.55. The molecule has 0 aliphatic heterocycles. The predicted octanol–water partition coefficient (Wildman–Crippen LogP) is 4.53. The molecule has 0 aliphatic carbocycles. The number of methoxy groups -OCH3 is 1. The Morgan fingerprint density at radius 2 is 1.75 bits per heavy atom. The molecule has 0 aliphatic rings. The van der Waals surface area contributed by atoms with Crippen LogP contribution in [0.1, 0.15) is 37.6 Å². The number of thiazole rings is 1. The van der Waals surface area contributed by atoms with Gasteiger partial charge in [0.1, 0.15) is 23.1 Å². The maximum atomic E-state index is 12.4. The number of nitrogens with zero attached hydrogens (tertiary/aromatic N) is 1. The Hall–Kier alpha value is -3.39. The summed E-state index contributed by atoms with van der Waals surface area (Å²) in [4.78, 5) is 28.6. The van der Waals surface area contributed by atoms with E-state index in [-0.39, 0.29) is 18.9 Å². The van der Waals surface area contributed by atoms with Crippen LogP contribution < -0.4 is 14.8 Å². The van der Waals surface area contributed by atoms with Crippen LogP contribution in [0.15, 0.2) is 53.9 Å². The minimum absolute atomic E-state index is 0.0157. The van der Waals surface area contributed by atoms with E-state index in [0.717, 1.165) is 21.9 Å². The van der Waals surface area contributed by atoms with Gasteiger partial charge in [-0.3, -0.25) is 9.59 Å². The lowest BCUT2D eigenvalue weighted by molar-refractivity contribution is -0.145. The van der Waals surface area contributed by atoms with Gasteiger partial charge in [0, 0.05) is 17.9 Å². The topological polar surface area (TPSA) is 86.8 Å². The third-order valence-electron chi connectivity index (χ3n) is 4.61. The molecule has 2 aromatic carbocycles.